The van der Waals surface area contributed by atoms with Gasteiger partial charge in [-0.2, -0.15) is 0 Å². The number of ketones is 1. The molecule has 0 aromatic heterocycles. The summed E-state index contributed by atoms with van der Waals surface area (Å²) in [4.78, 5) is 36.5. The fraction of sp³-hybridized carbons (Fsp3) is 0.611. The molecule has 0 radical (unpaired) electrons. The smallest absolute Gasteiger partial charge is 0.341 e. The van der Waals surface area contributed by atoms with Crippen LogP contribution >= 0.6 is 0 Å². The summed E-state index contributed by atoms with van der Waals surface area (Å²) >= 11 is 0. The van der Waals surface area contributed by atoms with E-state index in [0.29, 0.717) is 32.1 Å². The molecule has 0 spiro atoms. The molecule has 2 rings (SSSR count). The third kappa shape index (κ3) is 3.86. The molecule has 24 heavy (non-hydrogen) atoms. The Morgan fingerprint density at radius 3 is 2.54 bits per heavy atom. The molecule has 1 N–H and O–H groups in total. The number of hydrogen-bond acceptors (Lipinski definition) is 6. The lowest BCUT2D eigenvalue weighted by molar-refractivity contribution is -0.154. The second kappa shape index (κ2) is 8.13. The van der Waals surface area contributed by atoms with Gasteiger partial charge in [-0.1, -0.05) is 5.57 Å². The van der Waals surface area contributed by atoms with E-state index in [1.54, 1.807) is 19.9 Å². The Morgan fingerprint density at radius 1 is 1.17 bits per heavy atom. The number of ether oxygens (including phenoxy) is 2. The topological polar surface area (TPSA) is 89.9 Å². The third-order valence-electron chi connectivity index (χ3n) is 4.49. The van der Waals surface area contributed by atoms with Gasteiger partial charge in [-0.05, 0) is 39.2 Å². The van der Waals surface area contributed by atoms with Crippen molar-refractivity contribution < 1.29 is 29.0 Å². The van der Waals surface area contributed by atoms with Crippen molar-refractivity contribution >= 4 is 17.7 Å². The quantitative estimate of drug-likeness (QED) is 0.613. The van der Waals surface area contributed by atoms with Crippen molar-refractivity contribution in [2.45, 2.75) is 46.0 Å². The number of allylic oxidation sites excluding steroid dienone is 2. The standard InChI is InChI=1S/C18H24O6/c1-3-23-17(21)13-10-11(8-9-14(13)19)12-6-5-7-15(20)16(12)18(22)24-4-2/h10,12,16,19H,3-9H2,1-2H3. The van der Waals surface area contributed by atoms with Crippen molar-refractivity contribution in [3.63, 3.8) is 0 Å². The maximum Gasteiger partial charge on any atom is 0.341 e. The molecule has 0 bridgehead atoms. The minimum Gasteiger partial charge on any atom is -0.511 e. The van der Waals surface area contributed by atoms with Gasteiger partial charge in [0.15, 0.2) is 0 Å². The molecule has 1 saturated carbocycles. The fourth-order valence-corrected chi connectivity index (χ4v) is 3.39. The van der Waals surface area contributed by atoms with E-state index in [9.17, 15) is 19.5 Å². The first-order chi connectivity index (χ1) is 11.5. The number of hydrogen-bond donors (Lipinski definition) is 1. The minimum atomic E-state index is -0.811. The molecule has 2 aliphatic rings. The number of Topliss-reactive ketones (excluding diaryl/α,β-unsaturated/α-hetero) is 1. The molecular weight excluding hydrogens is 312 g/mol. The maximum absolute atomic E-state index is 12.3. The monoisotopic (exact) mass is 336 g/mol. The van der Waals surface area contributed by atoms with E-state index in [1.807, 2.05) is 0 Å². The van der Waals surface area contributed by atoms with Gasteiger partial charge >= 0.3 is 11.9 Å². The second-order valence-electron chi connectivity index (χ2n) is 5.99. The van der Waals surface area contributed by atoms with Gasteiger partial charge in [0.1, 0.15) is 17.5 Å². The van der Waals surface area contributed by atoms with Crippen molar-refractivity contribution in [3.05, 3.63) is 23.0 Å². The Labute approximate surface area is 141 Å². The lowest BCUT2D eigenvalue weighted by Gasteiger charge is -2.32. The highest BCUT2D eigenvalue weighted by Crippen LogP contribution is 2.39. The summed E-state index contributed by atoms with van der Waals surface area (Å²) in [5.41, 5.74) is 0.959. The van der Waals surface area contributed by atoms with Crippen molar-refractivity contribution in [2.75, 3.05) is 13.2 Å². The van der Waals surface area contributed by atoms with Gasteiger partial charge in [-0.25, -0.2) is 4.79 Å². The SMILES string of the molecule is CCOC(=O)C1=C(O)CCC(C2CCCC(=O)C2C(=O)OCC)=C1. The van der Waals surface area contributed by atoms with Crippen LogP contribution in [0.1, 0.15) is 46.0 Å². The van der Waals surface area contributed by atoms with Gasteiger partial charge in [0.2, 0.25) is 0 Å². The lowest BCUT2D eigenvalue weighted by Crippen LogP contribution is -2.37. The van der Waals surface area contributed by atoms with E-state index in [-0.39, 0.29) is 36.2 Å². The van der Waals surface area contributed by atoms with Gasteiger partial charge in [-0.15, -0.1) is 0 Å². The van der Waals surface area contributed by atoms with E-state index >= 15 is 0 Å². The molecule has 6 nitrogen and oxygen atoms in total. The number of aliphatic hydroxyl groups excluding tert-OH is 1. The Morgan fingerprint density at radius 2 is 1.88 bits per heavy atom. The average molecular weight is 336 g/mol. The summed E-state index contributed by atoms with van der Waals surface area (Å²) in [6.45, 7) is 3.84. The Balaban J connectivity index is 2.30. The average Bonchev–Trinajstić information content (AvgIpc) is 2.55. The van der Waals surface area contributed by atoms with Crippen LogP contribution in [0.3, 0.4) is 0 Å². The van der Waals surface area contributed by atoms with Gasteiger partial charge in [0, 0.05) is 18.8 Å². The molecule has 0 heterocycles. The van der Waals surface area contributed by atoms with Crippen LogP contribution in [0.2, 0.25) is 0 Å². The summed E-state index contributed by atoms with van der Waals surface area (Å²) < 4.78 is 10.0. The lowest BCUT2D eigenvalue weighted by atomic mass is 9.72. The zero-order valence-electron chi connectivity index (χ0n) is 14.2. The van der Waals surface area contributed by atoms with Crippen molar-refractivity contribution in [1.29, 1.82) is 0 Å². The predicted molar refractivity (Wildman–Crippen MR) is 86.1 cm³/mol. The highest BCUT2D eigenvalue weighted by molar-refractivity contribution is 6.00. The first kappa shape index (κ1) is 18.2. The van der Waals surface area contributed by atoms with E-state index in [0.717, 1.165) is 5.57 Å². The largest absolute Gasteiger partial charge is 0.511 e. The first-order valence-corrected chi connectivity index (χ1v) is 8.48. The summed E-state index contributed by atoms with van der Waals surface area (Å²) in [5, 5.41) is 9.97. The van der Waals surface area contributed by atoms with Crippen LogP contribution in [0.15, 0.2) is 23.0 Å². The second-order valence-corrected chi connectivity index (χ2v) is 5.99. The van der Waals surface area contributed by atoms with Crippen LogP contribution in [-0.4, -0.2) is 36.0 Å². The van der Waals surface area contributed by atoms with Crippen molar-refractivity contribution in [1.82, 2.24) is 0 Å². The Bertz CT molecular complexity index is 586. The fourth-order valence-electron chi connectivity index (χ4n) is 3.39. The van der Waals surface area contributed by atoms with Gasteiger partial charge < -0.3 is 14.6 Å². The Kier molecular flexibility index (Phi) is 6.17. The van der Waals surface area contributed by atoms with Crippen LogP contribution in [0.4, 0.5) is 0 Å². The van der Waals surface area contributed by atoms with Gasteiger partial charge in [-0.3, -0.25) is 9.59 Å². The summed E-state index contributed by atoms with van der Waals surface area (Å²) in [6, 6.07) is 0. The molecule has 0 aromatic rings. The van der Waals surface area contributed by atoms with Gasteiger partial charge in [0.05, 0.1) is 18.8 Å². The van der Waals surface area contributed by atoms with E-state index in [4.69, 9.17) is 9.47 Å². The summed E-state index contributed by atoms with van der Waals surface area (Å²) in [6.07, 6.45) is 4.19. The number of esters is 2. The summed E-state index contributed by atoms with van der Waals surface area (Å²) in [5.74, 6) is -2.28. The molecule has 2 unspecified atom stereocenters. The van der Waals surface area contributed by atoms with E-state index in [2.05, 4.69) is 0 Å². The molecule has 2 atom stereocenters. The molecule has 6 heteroatoms. The normalized spacial score (nSPS) is 24.4. The van der Waals surface area contributed by atoms with E-state index in [1.165, 1.54) is 0 Å². The minimum absolute atomic E-state index is 0.00739. The number of rotatable bonds is 5. The van der Waals surface area contributed by atoms with Crippen LogP contribution in [0, 0.1) is 11.8 Å². The molecule has 2 aliphatic carbocycles. The van der Waals surface area contributed by atoms with Crippen LogP contribution < -0.4 is 0 Å². The molecular formula is C18H24O6. The third-order valence-corrected chi connectivity index (χ3v) is 4.49. The predicted octanol–water partition coefficient (Wildman–Crippen LogP) is 2.63. The highest BCUT2D eigenvalue weighted by atomic mass is 16.5. The number of carbonyl (C=O) groups excluding carboxylic acids is 3. The molecule has 0 aromatic carbocycles. The molecule has 0 amide bonds. The zero-order chi connectivity index (χ0) is 17.7. The van der Waals surface area contributed by atoms with E-state index < -0.39 is 17.9 Å². The first-order valence-electron chi connectivity index (χ1n) is 8.48. The van der Waals surface area contributed by atoms with Crippen molar-refractivity contribution in [3.8, 4) is 0 Å². The number of aliphatic hydroxyl groups is 1. The van der Waals surface area contributed by atoms with Crippen molar-refractivity contribution in [2.24, 2.45) is 11.8 Å². The summed E-state index contributed by atoms with van der Waals surface area (Å²) in [7, 11) is 0. The molecule has 0 aliphatic heterocycles. The molecule has 132 valence electrons. The molecule has 1 fully saturated rings. The van der Waals surface area contributed by atoms with Crippen LogP contribution in [-0.2, 0) is 23.9 Å². The van der Waals surface area contributed by atoms with Gasteiger partial charge in [0.25, 0.3) is 0 Å². The molecule has 0 saturated heterocycles. The zero-order valence-corrected chi connectivity index (χ0v) is 14.2. The maximum atomic E-state index is 12.3. The Hall–Kier alpha value is -2.11. The number of carbonyl (C=O) groups is 3. The van der Waals surface area contributed by atoms with Crippen LogP contribution in [0.5, 0.6) is 0 Å². The highest BCUT2D eigenvalue weighted by Gasteiger charge is 2.41. The van der Waals surface area contributed by atoms with Crippen LogP contribution in [0.25, 0.3) is 0 Å².